The van der Waals surface area contributed by atoms with Crippen LogP contribution in [0.1, 0.15) is 36.1 Å². The number of nitrogens with one attached hydrogen (secondary N) is 1. The van der Waals surface area contributed by atoms with E-state index in [1.165, 1.54) is 11.1 Å². The van der Waals surface area contributed by atoms with Gasteiger partial charge in [-0.15, -0.1) is 0 Å². The molecule has 1 aromatic rings. The fourth-order valence-electron chi connectivity index (χ4n) is 1.76. The van der Waals surface area contributed by atoms with Crippen molar-refractivity contribution in [3.63, 3.8) is 0 Å². The molecule has 0 saturated carbocycles. The van der Waals surface area contributed by atoms with Gasteiger partial charge in [0.25, 0.3) is 0 Å². The monoisotopic (exact) mass is 211 g/mol. The van der Waals surface area contributed by atoms with Crippen LogP contribution in [-0.2, 0) is 0 Å². The zero-order chi connectivity index (χ0) is 10.7. The molecule has 78 valence electrons. The number of benzene rings is 1. The minimum atomic E-state index is 0.436. The van der Waals surface area contributed by atoms with E-state index >= 15 is 0 Å². The van der Waals surface area contributed by atoms with Gasteiger partial charge in [0.15, 0.2) is 0 Å². The Bertz CT molecular complexity index is 316. The van der Waals surface area contributed by atoms with E-state index in [1.807, 2.05) is 20.0 Å². The molecule has 0 aliphatic rings. The van der Waals surface area contributed by atoms with Crippen LogP contribution in [0.15, 0.2) is 12.1 Å². The Hall–Kier alpha value is -0.530. The Morgan fingerprint density at radius 1 is 1.29 bits per heavy atom. The van der Waals surface area contributed by atoms with Crippen molar-refractivity contribution in [3.05, 3.63) is 33.8 Å². The second kappa shape index (κ2) is 4.81. The van der Waals surface area contributed by atoms with Gasteiger partial charge in [0.1, 0.15) is 0 Å². The van der Waals surface area contributed by atoms with Crippen LogP contribution in [0.4, 0.5) is 0 Å². The lowest BCUT2D eigenvalue weighted by molar-refractivity contribution is 0.573. The summed E-state index contributed by atoms with van der Waals surface area (Å²) in [5.74, 6) is 0. The SMILES string of the molecule is CCC(NC)c1cc(C)c(Cl)cc1C. The molecule has 1 aromatic carbocycles. The normalized spacial score (nSPS) is 12.9. The average Bonchev–Trinajstić information content (AvgIpc) is 2.15. The van der Waals surface area contributed by atoms with Crippen molar-refractivity contribution in [1.29, 1.82) is 0 Å². The lowest BCUT2D eigenvalue weighted by Gasteiger charge is -2.18. The van der Waals surface area contributed by atoms with Gasteiger partial charge in [0.2, 0.25) is 0 Å². The molecule has 1 rings (SSSR count). The number of hydrogen-bond donors (Lipinski definition) is 1. The molecule has 0 amide bonds. The van der Waals surface area contributed by atoms with Crippen molar-refractivity contribution in [2.75, 3.05) is 7.05 Å². The Morgan fingerprint density at radius 3 is 2.43 bits per heavy atom. The van der Waals surface area contributed by atoms with Crippen LogP contribution in [0.5, 0.6) is 0 Å². The molecule has 0 aliphatic carbocycles. The van der Waals surface area contributed by atoms with Gasteiger partial charge in [-0.05, 0) is 50.1 Å². The van der Waals surface area contributed by atoms with E-state index in [0.717, 1.165) is 17.0 Å². The Balaban J connectivity index is 3.14. The Kier molecular flexibility index (Phi) is 3.97. The van der Waals surface area contributed by atoms with Crippen molar-refractivity contribution >= 4 is 11.6 Å². The summed E-state index contributed by atoms with van der Waals surface area (Å²) in [6.45, 7) is 6.35. The maximum Gasteiger partial charge on any atom is 0.0438 e. The van der Waals surface area contributed by atoms with Crippen LogP contribution >= 0.6 is 11.6 Å². The summed E-state index contributed by atoms with van der Waals surface area (Å²) >= 11 is 6.06. The summed E-state index contributed by atoms with van der Waals surface area (Å²) in [5, 5.41) is 4.17. The lowest BCUT2D eigenvalue weighted by Crippen LogP contribution is -2.16. The van der Waals surface area contributed by atoms with Crippen LogP contribution < -0.4 is 5.32 Å². The van der Waals surface area contributed by atoms with Crippen LogP contribution in [-0.4, -0.2) is 7.05 Å². The van der Waals surface area contributed by atoms with Crippen molar-refractivity contribution in [2.45, 2.75) is 33.2 Å². The predicted molar refractivity (Wildman–Crippen MR) is 63.0 cm³/mol. The standard InChI is InChI=1S/C12H18ClN/c1-5-12(14-4)10-6-9(3)11(13)7-8(10)2/h6-7,12,14H,5H2,1-4H3. The second-order valence-corrected chi connectivity index (χ2v) is 4.11. The topological polar surface area (TPSA) is 12.0 Å². The molecular formula is C12H18ClN. The molecule has 0 bridgehead atoms. The maximum absolute atomic E-state index is 6.06. The summed E-state index contributed by atoms with van der Waals surface area (Å²) in [6, 6.07) is 4.67. The first kappa shape index (κ1) is 11.5. The fraction of sp³-hybridized carbons (Fsp3) is 0.500. The second-order valence-electron chi connectivity index (χ2n) is 3.71. The zero-order valence-corrected chi connectivity index (χ0v) is 10.1. The third kappa shape index (κ3) is 2.28. The summed E-state index contributed by atoms with van der Waals surface area (Å²) in [4.78, 5) is 0. The van der Waals surface area contributed by atoms with Gasteiger partial charge in [0, 0.05) is 11.1 Å². The molecule has 1 atom stereocenters. The van der Waals surface area contributed by atoms with Crippen LogP contribution in [0.3, 0.4) is 0 Å². The van der Waals surface area contributed by atoms with Crippen LogP contribution in [0.25, 0.3) is 0 Å². The number of halogens is 1. The molecule has 1 unspecified atom stereocenters. The molecule has 0 fully saturated rings. The average molecular weight is 212 g/mol. The van der Waals surface area contributed by atoms with E-state index in [-0.39, 0.29) is 0 Å². The van der Waals surface area contributed by atoms with Crippen molar-refractivity contribution in [1.82, 2.24) is 5.32 Å². The molecule has 0 aromatic heterocycles. The third-order valence-corrected chi connectivity index (χ3v) is 3.09. The minimum absolute atomic E-state index is 0.436. The molecule has 1 nitrogen and oxygen atoms in total. The highest BCUT2D eigenvalue weighted by Crippen LogP contribution is 2.26. The molecule has 0 radical (unpaired) electrons. The largest absolute Gasteiger partial charge is 0.313 e. The van der Waals surface area contributed by atoms with Gasteiger partial charge < -0.3 is 5.32 Å². The van der Waals surface area contributed by atoms with E-state index < -0.39 is 0 Å². The highest BCUT2D eigenvalue weighted by atomic mass is 35.5. The highest BCUT2D eigenvalue weighted by molar-refractivity contribution is 6.31. The number of rotatable bonds is 3. The third-order valence-electron chi connectivity index (χ3n) is 2.68. The first-order valence-corrected chi connectivity index (χ1v) is 5.41. The molecular weight excluding hydrogens is 194 g/mol. The van der Waals surface area contributed by atoms with Crippen LogP contribution in [0.2, 0.25) is 5.02 Å². The molecule has 1 N–H and O–H groups in total. The van der Waals surface area contributed by atoms with Crippen molar-refractivity contribution in [2.24, 2.45) is 0 Å². The van der Waals surface area contributed by atoms with Gasteiger partial charge in [-0.1, -0.05) is 24.6 Å². The quantitative estimate of drug-likeness (QED) is 0.805. The number of hydrogen-bond acceptors (Lipinski definition) is 1. The smallest absolute Gasteiger partial charge is 0.0438 e. The molecule has 14 heavy (non-hydrogen) atoms. The van der Waals surface area contributed by atoms with E-state index in [0.29, 0.717) is 6.04 Å². The van der Waals surface area contributed by atoms with Crippen LogP contribution in [0, 0.1) is 13.8 Å². The first-order valence-electron chi connectivity index (χ1n) is 5.04. The van der Waals surface area contributed by atoms with E-state index in [9.17, 15) is 0 Å². The lowest BCUT2D eigenvalue weighted by atomic mass is 9.97. The first-order chi connectivity index (χ1) is 6.60. The minimum Gasteiger partial charge on any atom is -0.313 e. The van der Waals surface area contributed by atoms with E-state index in [4.69, 9.17) is 11.6 Å². The molecule has 2 heteroatoms. The molecule has 0 spiro atoms. The van der Waals surface area contributed by atoms with Crippen molar-refractivity contribution in [3.8, 4) is 0 Å². The molecule has 0 heterocycles. The van der Waals surface area contributed by atoms with Crippen molar-refractivity contribution < 1.29 is 0 Å². The predicted octanol–water partition coefficient (Wildman–Crippen LogP) is 3.63. The number of aryl methyl sites for hydroxylation is 2. The van der Waals surface area contributed by atoms with Gasteiger partial charge in [0.05, 0.1) is 0 Å². The maximum atomic E-state index is 6.06. The Labute approximate surface area is 91.5 Å². The van der Waals surface area contributed by atoms with E-state index in [1.54, 1.807) is 0 Å². The Morgan fingerprint density at radius 2 is 1.93 bits per heavy atom. The van der Waals surface area contributed by atoms with E-state index in [2.05, 4.69) is 25.2 Å². The summed E-state index contributed by atoms with van der Waals surface area (Å²) in [5.41, 5.74) is 3.78. The fourth-order valence-corrected chi connectivity index (χ4v) is 1.98. The summed E-state index contributed by atoms with van der Waals surface area (Å²) in [6.07, 6.45) is 1.10. The van der Waals surface area contributed by atoms with Gasteiger partial charge in [-0.3, -0.25) is 0 Å². The van der Waals surface area contributed by atoms with Gasteiger partial charge in [-0.2, -0.15) is 0 Å². The molecule has 0 aliphatic heterocycles. The summed E-state index contributed by atoms with van der Waals surface area (Å²) in [7, 11) is 2.00. The summed E-state index contributed by atoms with van der Waals surface area (Å²) < 4.78 is 0. The highest BCUT2D eigenvalue weighted by Gasteiger charge is 2.10. The van der Waals surface area contributed by atoms with Gasteiger partial charge >= 0.3 is 0 Å². The van der Waals surface area contributed by atoms with Gasteiger partial charge in [-0.25, -0.2) is 0 Å². The molecule has 0 saturated heterocycles. The zero-order valence-electron chi connectivity index (χ0n) is 9.32.